The van der Waals surface area contributed by atoms with Crippen molar-refractivity contribution >= 4 is 0 Å². The third-order valence-corrected chi connectivity index (χ3v) is 1.48. The van der Waals surface area contributed by atoms with Crippen LogP contribution < -0.4 is 0 Å². The maximum Gasteiger partial charge on any atom is 0.158 e. The molecule has 0 aromatic carbocycles. The van der Waals surface area contributed by atoms with Crippen LogP contribution >= 0.6 is 0 Å². The van der Waals surface area contributed by atoms with E-state index in [1.165, 1.54) is 6.42 Å². The van der Waals surface area contributed by atoms with E-state index in [-0.39, 0.29) is 12.9 Å². The summed E-state index contributed by atoms with van der Waals surface area (Å²) in [5.41, 5.74) is 0. The van der Waals surface area contributed by atoms with Gasteiger partial charge < -0.3 is 21.8 Å². The maximum absolute atomic E-state index is 6.59. The summed E-state index contributed by atoms with van der Waals surface area (Å²) in [5, 5.41) is 0. The Balaban J connectivity index is 2.09. The Labute approximate surface area is 61.5 Å². The van der Waals surface area contributed by atoms with Gasteiger partial charge in [0, 0.05) is 6.61 Å². The molecule has 1 aliphatic heterocycles. The smallest absolute Gasteiger partial charge is 0.158 e. The Morgan fingerprint density at radius 1 is 1.60 bits per heavy atom. The van der Waals surface area contributed by atoms with Crippen molar-refractivity contribution in [3.05, 3.63) is 6.42 Å². The van der Waals surface area contributed by atoms with Gasteiger partial charge >= 0.3 is 0 Å². The molecule has 1 saturated heterocycles. The van der Waals surface area contributed by atoms with Gasteiger partial charge in [0.2, 0.25) is 0 Å². The average Bonchev–Trinajstić information content (AvgIpc) is 2.03. The molecule has 0 radical (unpaired) electrons. The normalized spacial score (nSPS) is 25.7. The molecule has 1 unspecified atom stereocenters. The second kappa shape index (κ2) is 4.32. The first kappa shape index (κ1) is 7.59. The lowest BCUT2D eigenvalue weighted by molar-refractivity contribution is -0.154. The Hall–Kier alpha value is -0.520. The average molecular weight is 139 g/mol. The first-order valence-electron chi connectivity index (χ1n) is 3.56. The van der Waals surface area contributed by atoms with E-state index in [1.807, 2.05) is 0 Å². The summed E-state index contributed by atoms with van der Waals surface area (Å²) < 4.78 is 10.3. The summed E-state index contributed by atoms with van der Waals surface area (Å²) in [6, 6.07) is 0. The molecule has 1 fully saturated rings. The first-order valence-corrected chi connectivity index (χ1v) is 3.56. The third-order valence-electron chi connectivity index (χ3n) is 1.48. The van der Waals surface area contributed by atoms with Crippen LogP contribution in [0, 0.1) is 12.3 Å². The molecule has 56 valence electrons. The first-order chi connectivity index (χ1) is 4.93. The minimum atomic E-state index is -0.0772. The lowest BCUT2D eigenvalue weighted by Crippen LogP contribution is -2.22. The molecular weight excluding hydrogens is 128 g/mol. The van der Waals surface area contributed by atoms with E-state index in [4.69, 9.17) is 15.9 Å². The molecule has 1 rings (SSSR count). The van der Waals surface area contributed by atoms with Crippen LogP contribution in [0.2, 0.25) is 0 Å². The minimum absolute atomic E-state index is 0.0772. The Morgan fingerprint density at radius 3 is 3.10 bits per heavy atom. The highest BCUT2D eigenvalue weighted by Crippen LogP contribution is 2.12. The van der Waals surface area contributed by atoms with Gasteiger partial charge in [-0.25, -0.2) is 0 Å². The molecule has 0 amide bonds. The van der Waals surface area contributed by atoms with Crippen LogP contribution in [-0.2, 0) is 9.47 Å². The SMILES string of the molecule is [C-]#CCOC1CCCCO1. The summed E-state index contributed by atoms with van der Waals surface area (Å²) in [4.78, 5) is 0. The standard InChI is InChI=1S/C8H11O2/c1-2-6-9-8-5-3-4-7-10-8/h8H,3-7H2/q-1. The van der Waals surface area contributed by atoms with E-state index >= 15 is 0 Å². The van der Waals surface area contributed by atoms with E-state index in [9.17, 15) is 0 Å². The molecule has 1 atom stereocenters. The number of hydrogen-bond donors (Lipinski definition) is 0. The van der Waals surface area contributed by atoms with Crippen LogP contribution in [0.3, 0.4) is 0 Å². The molecule has 0 saturated carbocycles. The quantitative estimate of drug-likeness (QED) is 0.421. The molecule has 2 nitrogen and oxygen atoms in total. The second-order valence-electron chi connectivity index (χ2n) is 2.28. The zero-order chi connectivity index (χ0) is 7.23. The number of hydrogen-bond acceptors (Lipinski definition) is 2. The number of ether oxygens (including phenoxy) is 2. The van der Waals surface area contributed by atoms with Crippen molar-refractivity contribution in [2.75, 3.05) is 13.2 Å². The molecule has 0 aromatic heterocycles. The summed E-state index contributed by atoms with van der Waals surface area (Å²) >= 11 is 0. The van der Waals surface area contributed by atoms with E-state index in [0.29, 0.717) is 0 Å². The monoisotopic (exact) mass is 139 g/mol. The lowest BCUT2D eigenvalue weighted by atomic mass is 10.2. The molecule has 0 bridgehead atoms. The van der Waals surface area contributed by atoms with Crippen molar-refractivity contribution in [2.24, 2.45) is 0 Å². The Bertz CT molecular complexity index is 120. The second-order valence-corrected chi connectivity index (χ2v) is 2.28. The molecule has 1 heterocycles. The van der Waals surface area contributed by atoms with Crippen LogP contribution in [0.5, 0.6) is 0 Å². The van der Waals surface area contributed by atoms with Crippen LogP contribution in [0.1, 0.15) is 19.3 Å². The Kier molecular flexibility index (Phi) is 3.28. The van der Waals surface area contributed by atoms with Gasteiger partial charge in [-0.3, -0.25) is 0 Å². The van der Waals surface area contributed by atoms with Gasteiger partial charge in [-0.15, -0.1) is 0 Å². The fraction of sp³-hybridized carbons (Fsp3) is 0.750. The summed E-state index contributed by atoms with van der Waals surface area (Å²) in [6.45, 7) is 1.05. The zero-order valence-corrected chi connectivity index (χ0v) is 5.93. The van der Waals surface area contributed by atoms with Gasteiger partial charge in [0.25, 0.3) is 0 Å². The topological polar surface area (TPSA) is 18.5 Å². The van der Waals surface area contributed by atoms with Crippen molar-refractivity contribution in [3.63, 3.8) is 0 Å². The predicted octanol–water partition coefficient (Wildman–Crippen LogP) is 1.12. The highest BCUT2D eigenvalue weighted by Gasteiger charge is 2.12. The highest BCUT2D eigenvalue weighted by atomic mass is 16.7. The van der Waals surface area contributed by atoms with E-state index in [2.05, 4.69) is 5.92 Å². The molecular formula is C8H11O2-. The van der Waals surface area contributed by atoms with Crippen molar-refractivity contribution in [2.45, 2.75) is 25.6 Å². The van der Waals surface area contributed by atoms with Crippen molar-refractivity contribution in [3.8, 4) is 5.92 Å². The van der Waals surface area contributed by atoms with Crippen LogP contribution in [0.15, 0.2) is 0 Å². The summed E-state index contributed by atoms with van der Waals surface area (Å²) in [6.07, 6.45) is 9.78. The molecule has 10 heavy (non-hydrogen) atoms. The van der Waals surface area contributed by atoms with E-state index in [1.54, 1.807) is 0 Å². The van der Waals surface area contributed by atoms with Crippen molar-refractivity contribution < 1.29 is 9.47 Å². The van der Waals surface area contributed by atoms with Gasteiger partial charge in [0.1, 0.15) is 0 Å². The van der Waals surface area contributed by atoms with Gasteiger partial charge in [-0.2, -0.15) is 0 Å². The van der Waals surface area contributed by atoms with Crippen LogP contribution in [-0.4, -0.2) is 19.5 Å². The summed E-state index contributed by atoms with van der Waals surface area (Å²) in [5.74, 6) is 2.16. The van der Waals surface area contributed by atoms with Gasteiger partial charge in [0.05, 0.1) is 6.61 Å². The van der Waals surface area contributed by atoms with Gasteiger partial charge in [-0.05, 0) is 19.3 Å². The van der Waals surface area contributed by atoms with Crippen LogP contribution in [0.4, 0.5) is 0 Å². The predicted molar refractivity (Wildman–Crippen MR) is 36.7 cm³/mol. The fourth-order valence-corrected chi connectivity index (χ4v) is 0.977. The molecule has 0 aromatic rings. The van der Waals surface area contributed by atoms with Gasteiger partial charge in [-0.1, -0.05) is 0 Å². The number of rotatable bonds is 2. The molecule has 0 spiro atoms. The van der Waals surface area contributed by atoms with E-state index in [0.717, 1.165) is 19.4 Å². The largest absolute Gasteiger partial charge is 0.691 e. The van der Waals surface area contributed by atoms with E-state index < -0.39 is 0 Å². The van der Waals surface area contributed by atoms with Crippen molar-refractivity contribution in [1.29, 1.82) is 0 Å². The molecule has 0 N–H and O–H groups in total. The highest BCUT2D eigenvalue weighted by molar-refractivity contribution is 4.74. The minimum Gasteiger partial charge on any atom is -0.691 e. The maximum atomic E-state index is 6.59. The molecule has 0 aliphatic carbocycles. The molecule has 2 heteroatoms. The molecule has 1 aliphatic rings. The van der Waals surface area contributed by atoms with Crippen molar-refractivity contribution in [1.82, 2.24) is 0 Å². The zero-order valence-electron chi connectivity index (χ0n) is 5.93. The Morgan fingerprint density at radius 2 is 2.50 bits per heavy atom. The fourth-order valence-electron chi connectivity index (χ4n) is 0.977. The lowest BCUT2D eigenvalue weighted by Gasteiger charge is -2.21. The summed E-state index contributed by atoms with van der Waals surface area (Å²) in [7, 11) is 0. The third kappa shape index (κ3) is 2.38. The van der Waals surface area contributed by atoms with Gasteiger partial charge in [0.15, 0.2) is 6.29 Å². The van der Waals surface area contributed by atoms with Crippen LogP contribution in [0.25, 0.3) is 0 Å².